The minimum Gasteiger partial charge on any atom is -0.324 e. The maximum Gasteiger partial charge on any atom is 0.271 e. The zero-order valence-electron chi connectivity index (χ0n) is 17.7. The number of nitrogens with one attached hydrogen (secondary N) is 1. The van der Waals surface area contributed by atoms with Crippen LogP contribution in [0.25, 0.3) is 21.3 Å². The Morgan fingerprint density at radius 1 is 1.16 bits per heavy atom. The summed E-state index contributed by atoms with van der Waals surface area (Å²) in [6.45, 7) is 5.16. The number of amides is 1. The van der Waals surface area contributed by atoms with Crippen molar-refractivity contribution in [2.24, 2.45) is 0 Å². The summed E-state index contributed by atoms with van der Waals surface area (Å²) < 4.78 is 1.33. The summed E-state index contributed by atoms with van der Waals surface area (Å²) in [7, 11) is 0. The molecule has 1 amide bonds. The second-order valence-corrected chi connectivity index (χ2v) is 8.41. The topological polar surface area (TPSA) is 107 Å². The maximum absolute atomic E-state index is 13.3. The minimum atomic E-state index is -0.523. The molecule has 0 aliphatic carbocycles. The van der Waals surface area contributed by atoms with Crippen LogP contribution in [0.15, 0.2) is 52.6 Å². The van der Waals surface area contributed by atoms with Gasteiger partial charge in [-0.3, -0.25) is 24.3 Å². The number of nitro groups is 1. The number of hydrogen-bond acceptors (Lipinski definition) is 6. The van der Waals surface area contributed by atoms with Gasteiger partial charge in [-0.1, -0.05) is 35.9 Å². The minimum absolute atomic E-state index is 0.122. The molecule has 0 spiro atoms. The largest absolute Gasteiger partial charge is 0.324 e. The van der Waals surface area contributed by atoms with Crippen molar-refractivity contribution in [3.8, 4) is 11.1 Å². The van der Waals surface area contributed by atoms with Crippen LogP contribution in [-0.4, -0.2) is 20.4 Å². The van der Waals surface area contributed by atoms with Crippen LogP contribution in [0.5, 0.6) is 0 Å². The molecule has 162 valence electrons. The first-order valence-corrected chi connectivity index (χ1v) is 10.7. The Kier molecular flexibility index (Phi) is 5.58. The van der Waals surface area contributed by atoms with E-state index in [4.69, 9.17) is 0 Å². The van der Waals surface area contributed by atoms with Crippen LogP contribution in [0.2, 0.25) is 0 Å². The fraction of sp³-hybridized carbons (Fsp3) is 0.174. The number of thiophene rings is 1. The molecule has 4 aromatic rings. The zero-order valence-corrected chi connectivity index (χ0v) is 18.5. The number of nitrogens with zero attached hydrogens (tertiary/aromatic N) is 3. The molecule has 0 radical (unpaired) electrons. The first-order valence-electron chi connectivity index (χ1n) is 9.85. The van der Waals surface area contributed by atoms with Crippen molar-refractivity contribution >= 4 is 38.8 Å². The van der Waals surface area contributed by atoms with Crippen LogP contribution in [0.1, 0.15) is 17.0 Å². The van der Waals surface area contributed by atoms with E-state index in [1.165, 1.54) is 28.0 Å². The highest BCUT2D eigenvalue weighted by Gasteiger charge is 2.18. The number of carbonyl (C=O) groups is 1. The first kappa shape index (κ1) is 21.4. The predicted molar refractivity (Wildman–Crippen MR) is 125 cm³/mol. The van der Waals surface area contributed by atoms with E-state index in [1.807, 2.05) is 36.6 Å². The Labute approximate surface area is 187 Å². The summed E-state index contributed by atoms with van der Waals surface area (Å²) in [6, 6.07) is 12.1. The van der Waals surface area contributed by atoms with Gasteiger partial charge in [0.05, 0.1) is 16.0 Å². The van der Waals surface area contributed by atoms with Gasteiger partial charge in [-0.2, -0.15) is 0 Å². The van der Waals surface area contributed by atoms with Gasteiger partial charge in [0.25, 0.3) is 11.2 Å². The molecule has 2 aromatic carbocycles. The number of aromatic nitrogens is 2. The van der Waals surface area contributed by atoms with Crippen LogP contribution in [0.3, 0.4) is 0 Å². The second-order valence-electron chi connectivity index (χ2n) is 7.55. The van der Waals surface area contributed by atoms with Crippen molar-refractivity contribution in [3.63, 3.8) is 0 Å². The number of anilines is 1. The van der Waals surface area contributed by atoms with Crippen LogP contribution in [-0.2, 0) is 11.3 Å². The number of carbonyl (C=O) groups excluding carboxylic acids is 1. The van der Waals surface area contributed by atoms with Crippen LogP contribution < -0.4 is 10.9 Å². The lowest BCUT2D eigenvalue weighted by Gasteiger charge is -2.12. The quantitative estimate of drug-likeness (QED) is 0.355. The van der Waals surface area contributed by atoms with E-state index in [0.717, 1.165) is 16.7 Å². The molecule has 0 fully saturated rings. The molecule has 2 aromatic heterocycles. The van der Waals surface area contributed by atoms with Gasteiger partial charge in [0.2, 0.25) is 5.91 Å². The van der Waals surface area contributed by atoms with E-state index in [-0.39, 0.29) is 17.8 Å². The normalized spacial score (nSPS) is 11.0. The Balaban J connectivity index is 1.69. The molecule has 0 unspecified atom stereocenters. The van der Waals surface area contributed by atoms with Gasteiger partial charge in [-0.25, -0.2) is 4.98 Å². The van der Waals surface area contributed by atoms with Crippen molar-refractivity contribution in [3.05, 3.63) is 85.3 Å². The fourth-order valence-corrected chi connectivity index (χ4v) is 4.43. The molecular weight excluding hydrogens is 428 g/mol. The van der Waals surface area contributed by atoms with Crippen molar-refractivity contribution in [1.82, 2.24) is 9.55 Å². The molecule has 0 bridgehead atoms. The number of non-ortho nitro benzene ring substituents is 1. The Morgan fingerprint density at radius 2 is 1.88 bits per heavy atom. The molecule has 9 heteroatoms. The summed E-state index contributed by atoms with van der Waals surface area (Å²) >= 11 is 1.39. The average molecular weight is 449 g/mol. The summed E-state index contributed by atoms with van der Waals surface area (Å²) in [5.74, 6) is -0.0437. The lowest BCUT2D eigenvalue weighted by Crippen LogP contribution is -2.30. The van der Waals surface area contributed by atoms with Crippen molar-refractivity contribution in [2.45, 2.75) is 27.3 Å². The molecule has 1 N–H and O–H groups in total. The van der Waals surface area contributed by atoms with Gasteiger partial charge < -0.3 is 5.32 Å². The lowest BCUT2D eigenvalue weighted by molar-refractivity contribution is -0.384. The fourth-order valence-electron chi connectivity index (χ4n) is 3.45. The zero-order chi connectivity index (χ0) is 23.0. The van der Waals surface area contributed by atoms with Crippen LogP contribution in [0.4, 0.5) is 11.4 Å². The number of nitro benzene ring substituents is 1. The summed E-state index contributed by atoms with van der Waals surface area (Å²) in [4.78, 5) is 41.7. The third kappa shape index (κ3) is 4.02. The van der Waals surface area contributed by atoms with E-state index in [2.05, 4.69) is 10.3 Å². The summed E-state index contributed by atoms with van der Waals surface area (Å²) in [6.07, 6.45) is 0. The van der Waals surface area contributed by atoms with E-state index in [0.29, 0.717) is 27.3 Å². The Morgan fingerprint density at radius 3 is 2.56 bits per heavy atom. The standard InChI is InChI=1S/C23H20N4O4S/c1-13-4-7-16(8-5-13)18-12-32-22-21(18)23(29)26(15(3)24-22)11-20(28)25-19-10-17(27(30)31)9-6-14(19)2/h4-10,12H,11H2,1-3H3,(H,25,28). The number of hydrogen-bond donors (Lipinski definition) is 1. The van der Waals surface area contributed by atoms with E-state index < -0.39 is 10.8 Å². The van der Waals surface area contributed by atoms with Gasteiger partial charge in [0, 0.05) is 23.1 Å². The van der Waals surface area contributed by atoms with Crippen LogP contribution >= 0.6 is 11.3 Å². The van der Waals surface area contributed by atoms with E-state index >= 15 is 0 Å². The third-order valence-corrected chi connectivity index (χ3v) is 6.13. The molecule has 0 aliphatic heterocycles. The summed E-state index contributed by atoms with van der Waals surface area (Å²) in [5, 5.41) is 16.1. The molecule has 0 saturated heterocycles. The highest BCUT2D eigenvalue weighted by Crippen LogP contribution is 2.31. The third-order valence-electron chi connectivity index (χ3n) is 5.25. The van der Waals surface area contributed by atoms with Crippen molar-refractivity contribution < 1.29 is 9.72 Å². The van der Waals surface area contributed by atoms with Gasteiger partial charge in [-0.05, 0) is 31.9 Å². The number of fused-ring (bicyclic) bond motifs is 1. The highest BCUT2D eigenvalue weighted by molar-refractivity contribution is 7.17. The van der Waals surface area contributed by atoms with E-state index in [1.54, 1.807) is 19.9 Å². The van der Waals surface area contributed by atoms with Gasteiger partial charge in [-0.15, -0.1) is 11.3 Å². The highest BCUT2D eigenvalue weighted by atomic mass is 32.1. The Bertz CT molecular complexity index is 1420. The van der Waals surface area contributed by atoms with Gasteiger partial charge in [0.1, 0.15) is 17.2 Å². The SMILES string of the molecule is Cc1ccc(-c2csc3nc(C)n(CC(=O)Nc4cc([N+](=O)[O-])ccc4C)c(=O)c23)cc1. The van der Waals surface area contributed by atoms with Gasteiger partial charge >= 0.3 is 0 Å². The first-order chi connectivity index (χ1) is 15.2. The van der Waals surface area contributed by atoms with Gasteiger partial charge in [0.15, 0.2) is 0 Å². The molecule has 2 heterocycles. The van der Waals surface area contributed by atoms with Crippen molar-refractivity contribution in [1.29, 1.82) is 0 Å². The smallest absolute Gasteiger partial charge is 0.271 e. The number of rotatable bonds is 5. The predicted octanol–water partition coefficient (Wildman–Crippen LogP) is 4.60. The second kappa shape index (κ2) is 8.35. The number of benzene rings is 2. The molecular formula is C23H20N4O4S. The van der Waals surface area contributed by atoms with E-state index in [9.17, 15) is 19.7 Å². The molecule has 0 atom stereocenters. The van der Waals surface area contributed by atoms with Crippen molar-refractivity contribution in [2.75, 3.05) is 5.32 Å². The molecule has 8 nitrogen and oxygen atoms in total. The Hall–Kier alpha value is -3.85. The molecule has 32 heavy (non-hydrogen) atoms. The summed E-state index contributed by atoms with van der Waals surface area (Å²) in [5.41, 5.74) is 3.41. The molecule has 0 aliphatic rings. The van der Waals surface area contributed by atoms with Crippen LogP contribution in [0, 0.1) is 30.9 Å². The lowest BCUT2D eigenvalue weighted by atomic mass is 10.1. The number of aryl methyl sites for hydroxylation is 3. The molecule has 0 saturated carbocycles. The average Bonchev–Trinajstić information content (AvgIpc) is 3.17. The monoisotopic (exact) mass is 448 g/mol. The maximum atomic E-state index is 13.3. The molecule has 4 rings (SSSR count).